The fourth-order valence-corrected chi connectivity index (χ4v) is 2.26. The van der Waals surface area contributed by atoms with E-state index >= 15 is 0 Å². The van der Waals surface area contributed by atoms with E-state index in [1.807, 2.05) is 0 Å². The Kier molecular flexibility index (Phi) is 5.34. The highest BCUT2D eigenvalue weighted by Crippen LogP contribution is 2.44. The summed E-state index contributed by atoms with van der Waals surface area (Å²) in [5.41, 5.74) is 0. The first-order valence-corrected chi connectivity index (χ1v) is 6.42. The Bertz CT molecular complexity index is 366. The van der Waals surface area contributed by atoms with Gasteiger partial charge in [-0.1, -0.05) is 39.5 Å². The first-order chi connectivity index (χ1) is 8.51. The van der Waals surface area contributed by atoms with Crippen LogP contribution in [0.3, 0.4) is 0 Å². The molecule has 0 fully saturated rings. The fraction of sp³-hybridized carbons (Fsp3) is 0.692. The van der Waals surface area contributed by atoms with Crippen LogP contribution < -0.4 is 0 Å². The van der Waals surface area contributed by atoms with E-state index in [2.05, 4.69) is 13.8 Å². The van der Waals surface area contributed by atoms with Gasteiger partial charge < -0.3 is 24.8 Å². The minimum atomic E-state index is -1.01. The SMILES string of the molecule is CCCC(CCC)CC(O)c1oc(O)c(O)c1O. The summed E-state index contributed by atoms with van der Waals surface area (Å²) in [5.74, 6) is -1.88. The van der Waals surface area contributed by atoms with Crippen LogP contribution in [0.2, 0.25) is 0 Å². The van der Waals surface area contributed by atoms with Crippen molar-refractivity contribution in [1.82, 2.24) is 0 Å². The number of rotatable bonds is 7. The first kappa shape index (κ1) is 14.7. The Labute approximate surface area is 107 Å². The van der Waals surface area contributed by atoms with Gasteiger partial charge in [0.15, 0.2) is 5.76 Å². The molecule has 1 unspecified atom stereocenters. The average Bonchev–Trinajstić information content (AvgIpc) is 2.58. The topological polar surface area (TPSA) is 94.1 Å². The molecule has 5 heteroatoms. The van der Waals surface area contributed by atoms with E-state index in [0.717, 1.165) is 25.7 Å². The molecule has 5 nitrogen and oxygen atoms in total. The van der Waals surface area contributed by atoms with Crippen molar-refractivity contribution in [2.75, 3.05) is 0 Å². The monoisotopic (exact) mass is 258 g/mol. The third-order valence-electron chi connectivity index (χ3n) is 3.12. The molecule has 0 bridgehead atoms. The minimum absolute atomic E-state index is 0.165. The second-order valence-electron chi connectivity index (χ2n) is 4.66. The van der Waals surface area contributed by atoms with Gasteiger partial charge in [0, 0.05) is 0 Å². The van der Waals surface area contributed by atoms with E-state index in [0.29, 0.717) is 12.3 Å². The molecule has 0 spiro atoms. The molecular weight excluding hydrogens is 236 g/mol. The standard InChI is InChI=1S/C13H22O5/c1-3-5-8(6-4-2)7-9(14)12-10(15)11(16)13(17)18-12/h8-9,14-17H,3-7H2,1-2H3. The first-order valence-electron chi connectivity index (χ1n) is 6.42. The predicted molar refractivity (Wildman–Crippen MR) is 66.6 cm³/mol. The van der Waals surface area contributed by atoms with E-state index in [9.17, 15) is 15.3 Å². The molecule has 1 rings (SSSR count). The molecule has 1 aromatic rings. The Balaban J connectivity index is 2.73. The third-order valence-corrected chi connectivity index (χ3v) is 3.12. The number of aromatic hydroxyl groups is 3. The zero-order valence-electron chi connectivity index (χ0n) is 10.9. The second kappa shape index (κ2) is 6.54. The van der Waals surface area contributed by atoms with Crippen LogP contribution in [0.15, 0.2) is 4.42 Å². The molecule has 0 aromatic carbocycles. The molecule has 0 aliphatic heterocycles. The van der Waals surface area contributed by atoms with Crippen molar-refractivity contribution in [2.45, 2.75) is 52.1 Å². The summed E-state index contributed by atoms with van der Waals surface area (Å²) in [5, 5.41) is 37.8. The summed E-state index contributed by atoms with van der Waals surface area (Å²) in [6, 6.07) is 0. The van der Waals surface area contributed by atoms with Gasteiger partial charge in [0.1, 0.15) is 6.10 Å². The number of aliphatic hydroxyl groups excluding tert-OH is 1. The Morgan fingerprint density at radius 1 is 1.00 bits per heavy atom. The molecule has 18 heavy (non-hydrogen) atoms. The highest BCUT2D eigenvalue weighted by molar-refractivity contribution is 5.47. The molecule has 0 saturated carbocycles. The molecule has 0 aliphatic carbocycles. The summed E-state index contributed by atoms with van der Waals surface area (Å²) in [7, 11) is 0. The lowest BCUT2D eigenvalue weighted by Gasteiger charge is -2.18. The zero-order valence-corrected chi connectivity index (χ0v) is 10.9. The van der Waals surface area contributed by atoms with Crippen LogP contribution in [0.4, 0.5) is 0 Å². The number of furan rings is 1. The maximum Gasteiger partial charge on any atom is 0.330 e. The smallest absolute Gasteiger partial charge is 0.330 e. The van der Waals surface area contributed by atoms with Gasteiger partial charge in [-0.3, -0.25) is 0 Å². The molecule has 0 radical (unpaired) electrons. The molecule has 1 heterocycles. The van der Waals surface area contributed by atoms with Crippen LogP contribution >= 0.6 is 0 Å². The summed E-state index contributed by atoms with van der Waals surface area (Å²) in [4.78, 5) is 0. The van der Waals surface area contributed by atoms with E-state index in [-0.39, 0.29) is 5.76 Å². The summed E-state index contributed by atoms with van der Waals surface area (Å²) < 4.78 is 4.77. The largest absolute Gasteiger partial charge is 0.502 e. The zero-order chi connectivity index (χ0) is 13.7. The highest BCUT2D eigenvalue weighted by Gasteiger charge is 2.26. The van der Waals surface area contributed by atoms with E-state index in [1.165, 1.54) is 0 Å². The molecule has 0 saturated heterocycles. The Morgan fingerprint density at radius 2 is 1.56 bits per heavy atom. The van der Waals surface area contributed by atoms with Gasteiger partial charge in [-0.2, -0.15) is 0 Å². The fourth-order valence-electron chi connectivity index (χ4n) is 2.26. The maximum absolute atomic E-state index is 9.99. The van der Waals surface area contributed by atoms with Gasteiger partial charge in [-0.25, -0.2) is 0 Å². The van der Waals surface area contributed by atoms with Crippen LogP contribution in [-0.4, -0.2) is 20.4 Å². The van der Waals surface area contributed by atoms with Crippen LogP contribution in [0.25, 0.3) is 0 Å². The van der Waals surface area contributed by atoms with Crippen LogP contribution in [0, 0.1) is 5.92 Å². The van der Waals surface area contributed by atoms with Crippen LogP contribution in [-0.2, 0) is 0 Å². The van der Waals surface area contributed by atoms with E-state index in [4.69, 9.17) is 9.52 Å². The van der Waals surface area contributed by atoms with Crippen molar-refractivity contribution in [1.29, 1.82) is 0 Å². The van der Waals surface area contributed by atoms with Gasteiger partial charge in [-0.05, 0) is 12.3 Å². The van der Waals surface area contributed by atoms with E-state index in [1.54, 1.807) is 0 Å². The molecule has 0 amide bonds. The van der Waals surface area contributed by atoms with Crippen molar-refractivity contribution in [3.63, 3.8) is 0 Å². The number of hydrogen-bond acceptors (Lipinski definition) is 5. The normalized spacial score (nSPS) is 13.1. The van der Waals surface area contributed by atoms with Crippen molar-refractivity contribution >= 4 is 0 Å². The van der Waals surface area contributed by atoms with Gasteiger partial charge in [0.2, 0.25) is 11.5 Å². The van der Waals surface area contributed by atoms with Crippen LogP contribution in [0.1, 0.15) is 57.8 Å². The van der Waals surface area contributed by atoms with Gasteiger partial charge in [0.05, 0.1) is 0 Å². The molecule has 1 atom stereocenters. The maximum atomic E-state index is 9.99. The molecule has 0 aliphatic rings. The van der Waals surface area contributed by atoms with Gasteiger partial charge in [-0.15, -0.1) is 0 Å². The van der Waals surface area contributed by atoms with Gasteiger partial charge >= 0.3 is 5.95 Å². The summed E-state index contributed by atoms with van der Waals surface area (Å²) in [6.45, 7) is 4.16. The Morgan fingerprint density at radius 3 is 1.94 bits per heavy atom. The number of hydrogen-bond donors (Lipinski definition) is 4. The molecular formula is C13H22O5. The summed E-state index contributed by atoms with van der Waals surface area (Å²) in [6.07, 6.45) is 3.46. The quantitative estimate of drug-likeness (QED) is 0.603. The summed E-state index contributed by atoms with van der Waals surface area (Å²) >= 11 is 0. The molecule has 1 aromatic heterocycles. The van der Waals surface area contributed by atoms with E-state index < -0.39 is 23.5 Å². The van der Waals surface area contributed by atoms with Crippen molar-refractivity contribution in [2.24, 2.45) is 5.92 Å². The third kappa shape index (κ3) is 3.32. The van der Waals surface area contributed by atoms with Crippen molar-refractivity contribution in [3.8, 4) is 17.4 Å². The van der Waals surface area contributed by atoms with Crippen molar-refractivity contribution < 1.29 is 24.8 Å². The lowest BCUT2D eigenvalue weighted by molar-refractivity contribution is 0.106. The lowest BCUT2D eigenvalue weighted by Crippen LogP contribution is -2.07. The lowest BCUT2D eigenvalue weighted by atomic mass is 9.91. The minimum Gasteiger partial charge on any atom is -0.502 e. The van der Waals surface area contributed by atoms with Gasteiger partial charge in [0.25, 0.3) is 0 Å². The number of aliphatic hydroxyl groups is 1. The van der Waals surface area contributed by atoms with Crippen LogP contribution in [0.5, 0.6) is 17.4 Å². The van der Waals surface area contributed by atoms with Crippen molar-refractivity contribution in [3.05, 3.63) is 5.76 Å². The molecule has 4 N–H and O–H groups in total. The highest BCUT2D eigenvalue weighted by atomic mass is 16.5. The predicted octanol–water partition coefficient (Wildman–Crippen LogP) is 3.04. The molecule has 104 valence electrons. The Hall–Kier alpha value is -1.36. The second-order valence-corrected chi connectivity index (χ2v) is 4.66. The average molecular weight is 258 g/mol.